The number of rotatable bonds is 4. The van der Waals surface area contributed by atoms with E-state index in [4.69, 9.17) is 0 Å². The van der Waals surface area contributed by atoms with Crippen molar-refractivity contribution in [2.45, 2.75) is 59.4 Å². The summed E-state index contributed by atoms with van der Waals surface area (Å²) in [6.07, 6.45) is 6.59. The van der Waals surface area contributed by atoms with E-state index in [1.54, 1.807) is 6.33 Å². The van der Waals surface area contributed by atoms with E-state index >= 15 is 0 Å². The lowest BCUT2D eigenvalue weighted by atomic mass is 9.63. The van der Waals surface area contributed by atoms with E-state index < -0.39 is 0 Å². The van der Waals surface area contributed by atoms with Gasteiger partial charge in [0.05, 0.1) is 0 Å². The first-order chi connectivity index (χ1) is 8.77. The van der Waals surface area contributed by atoms with Crippen LogP contribution < -0.4 is 5.32 Å². The van der Waals surface area contributed by atoms with Gasteiger partial charge in [0.15, 0.2) is 0 Å². The van der Waals surface area contributed by atoms with Crippen LogP contribution in [0.1, 0.15) is 52.8 Å². The molecule has 19 heavy (non-hydrogen) atoms. The normalized spacial score (nSPS) is 22.6. The van der Waals surface area contributed by atoms with E-state index in [0.29, 0.717) is 16.9 Å². The molecule has 1 aromatic heterocycles. The molecule has 0 spiro atoms. The molecule has 1 aliphatic rings. The van der Waals surface area contributed by atoms with E-state index in [2.05, 4.69) is 43.2 Å². The Labute approximate surface area is 117 Å². The van der Waals surface area contributed by atoms with E-state index in [1.165, 1.54) is 19.3 Å². The fourth-order valence-electron chi connectivity index (χ4n) is 3.91. The lowest BCUT2D eigenvalue weighted by molar-refractivity contribution is 0.0853. The highest BCUT2D eigenvalue weighted by Crippen LogP contribution is 2.45. The highest BCUT2D eigenvalue weighted by molar-refractivity contribution is 4.93. The SMILES string of the molecule is Cn1cnnc1CCNC1CC(C)(C)CC(C)(C)C1. The van der Waals surface area contributed by atoms with Gasteiger partial charge in [-0.15, -0.1) is 10.2 Å². The molecule has 1 fully saturated rings. The summed E-state index contributed by atoms with van der Waals surface area (Å²) in [5, 5.41) is 11.8. The average molecular weight is 264 g/mol. The highest BCUT2D eigenvalue weighted by Gasteiger charge is 2.37. The second-order valence-electron chi connectivity index (χ2n) is 7.67. The third-order valence-corrected chi connectivity index (χ3v) is 4.14. The molecule has 0 atom stereocenters. The predicted octanol–water partition coefficient (Wildman–Crippen LogP) is 2.55. The highest BCUT2D eigenvalue weighted by atomic mass is 15.2. The Morgan fingerprint density at radius 2 is 1.89 bits per heavy atom. The van der Waals surface area contributed by atoms with Gasteiger partial charge < -0.3 is 9.88 Å². The van der Waals surface area contributed by atoms with E-state index in [1.807, 2.05) is 11.6 Å². The monoisotopic (exact) mass is 264 g/mol. The Morgan fingerprint density at radius 1 is 1.26 bits per heavy atom. The fraction of sp³-hybridized carbons (Fsp3) is 0.867. The molecule has 108 valence electrons. The van der Waals surface area contributed by atoms with Gasteiger partial charge in [0.25, 0.3) is 0 Å². The van der Waals surface area contributed by atoms with Crippen LogP contribution in [0.2, 0.25) is 0 Å². The van der Waals surface area contributed by atoms with Gasteiger partial charge in [-0.2, -0.15) is 0 Å². The molecule has 1 aliphatic carbocycles. The summed E-state index contributed by atoms with van der Waals surface area (Å²) in [6.45, 7) is 10.6. The molecule has 0 saturated heterocycles. The summed E-state index contributed by atoms with van der Waals surface area (Å²) in [7, 11) is 2.00. The molecule has 1 heterocycles. The Kier molecular flexibility index (Phi) is 4.00. The molecule has 4 heteroatoms. The van der Waals surface area contributed by atoms with Gasteiger partial charge in [-0.05, 0) is 30.1 Å². The first kappa shape index (κ1) is 14.5. The number of aryl methyl sites for hydroxylation is 1. The number of aromatic nitrogens is 3. The minimum absolute atomic E-state index is 0.449. The molecule has 0 unspecified atom stereocenters. The summed E-state index contributed by atoms with van der Waals surface area (Å²) < 4.78 is 2.00. The van der Waals surface area contributed by atoms with Gasteiger partial charge in [-0.25, -0.2) is 0 Å². The lowest BCUT2D eigenvalue weighted by Gasteiger charge is -2.45. The molecule has 0 radical (unpaired) electrons. The predicted molar refractivity (Wildman–Crippen MR) is 77.9 cm³/mol. The van der Waals surface area contributed by atoms with Crippen LogP contribution in [-0.4, -0.2) is 27.4 Å². The minimum atomic E-state index is 0.449. The van der Waals surface area contributed by atoms with Crippen molar-refractivity contribution in [3.63, 3.8) is 0 Å². The van der Waals surface area contributed by atoms with Crippen molar-refractivity contribution < 1.29 is 0 Å². The Hall–Kier alpha value is -0.900. The van der Waals surface area contributed by atoms with Gasteiger partial charge in [-0.1, -0.05) is 27.7 Å². The van der Waals surface area contributed by atoms with Crippen molar-refractivity contribution in [1.29, 1.82) is 0 Å². The third-order valence-electron chi connectivity index (χ3n) is 4.14. The molecule has 4 nitrogen and oxygen atoms in total. The molecule has 0 aromatic carbocycles. The molecule has 1 aromatic rings. The van der Waals surface area contributed by atoms with Gasteiger partial charge in [0, 0.05) is 26.1 Å². The molecule has 0 bridgehead atoms. The summed E-state index contributed by atoms with van der Waals surface area (Å²) in [4.78, 5) is 0. The van der Waals surface area contributed by atoms with Gasteiger partial charge in [0.2, 0.25) is 0 Å². The van der Waals surface area contributed by atoms with Gasteiger partial charge in [0.1, 0.15) is 12.2 Å². The maximum atomic E-state index is 4.13. The fourth-order valence-corrected chi connectivity index (χ4v) is 3.91. The second kappa shape index (κ2) is 5.23. The van der Waals surface area contributed by atoms with E-state index in [9.17, 15) is 0 Å². The number of nitrogens with one attached hydrogen (secondary N) is 1. The lowest BCUT2D eigenvalue weighted by Crippen LogP contribution is -2.44. The summed E-state index contributed by atoms with van der Waals surface area (Å²) in [5.74, 6) is 1.06. The maximum absolute atomic E-state index is 4.13. The van der Waals surface area contributed by atoms with Crippen molar-refractivity contribution in [2.75, 3.05) is 6.54 Å². The van der Waals surface area contributed by atoms with E-state index in [0.717, 1.165) is 18.8 Å². The second-order valence-corrected chi connectivity index (χ2v) is 7.67. The van der Waals surface area contributed by atoms with Crippen LogP contribution in [0.25, 0.3) is 0 Å². The molecular formula is C15H28N4. The first-order valence-corrected chi connectivity index (χ1v) is 7.34. The standard InChI is InChI=1S/C15H28N4/c1-14(2)8-12(9-15(3,4)10-14)16-7-6-13-18-17-11-19(13)5/h11-12,16H,6-10H2,1-5H3. The molecule has 0 amide bonds. The summed E-state index contributed by atoms with van der Waals surface area (Å²) in [5.41, 5.74) is 0.897. The van der Waals surface area contributed by atoms with Crippen molar-refractivity contribution in [3.8, 4) is 0 Å². The number of hydrogen-bond donors (Lipinski definition) is 1. The Morgan fingerprint density at radius 3 is 2.42 bits per heavy atom. The zero-order valence-electron chi connectivity index (χ0n) is 13.0. The Bertz CT molecular complexity index is 404. The average Bonchev–Trinajstić information content (AvgIpc) is 2.59. The van der Waals surface area contributed by atoms with Crippen LogP contribution in [0.15, 0.2) is 6.33 Å². The molecule has 0 aliphatic heterocycles. The zero-order chi connectivity index (χ0) is 14.1. The van der Waals surface area contributed by atoms with Crippen LogP contribution >= 0.6 is 0 Å². The van der Waals surface area contributed by atoms with Crippen LogP contribution in [0.4, 0.5) is 0 Å². The van der Waals surface area contributed by atoms with Crippen LogP contribution in [0.3, 0.4) is 0 Å². The van der Waals surface area contributed by atoms with Crippen molar-refractivity contribution in [1.82, 2.24) is 20.1 Å². The van der Waals surface area contributed by atoms with Crippen molar-refractivity contribution in [3.05, 3.63) is 12.2 Å². The van der Waals surface area contributed by atoms with Crippen molar-refractivity contribution in [2.24, 2.45) is 17.9 Å². The van der Waals surface area contributed by atoms with Crippen LogP contribution in [-0.2, 0) is 13.5 Å². The van der Waals surface area contributed by atoms with Crippen LogP contribution in [0, 0.1) is 10.8 Å². The smallest absolute Gasteiger partial charge is 0.133 e. The summed E-state index contributed by atoms with van der Waals surface area (Å²) in [6, 6.07) is 0.631. The zero-order valence-corrected chi connectivity index (χ0v) is 13.0. The largest absolute Gasteiger partial charge is 0.321 e. The molecule has 1 saturated carbocycles. The quantitative estimate of drug-likeness (QED) is 0.909. The first-order valence-electron chi connectivity index (χ1n) is 7.34. The number of nitrogens with zero attached hydrogens (tertiary/aromatic N) is 3. The number of hydrogen-bond acceptors (Lipinski definition) is 3. The van der Waals surface area contributed by atoms with Crippen molar-refractivity contribution >= 4 is 0 Å². The van der Waals surface area contributed by atoms with Crippen LogP contribution in [0.5, 0.6) is 0 Å². The summed E-state index contributed by atoms with van der Waals surface area (Å²) >= 11 is 0. The molecule has 1 N–H and O–H groups in total. The maximum Gasteiger partial charge on any atom is 0.133 e. The Balaban J connectivity index is 1.84. The molecule has 2 rings (SSSR count). The topological polar surface area (TPSA) is 42.7 Å². The third kappa shape index (κ3) is 4.03. The molecular weight excluding hydrogens is 236 g/mol. The van der Waals surface area contributed by atoms with Gasteiger partial charge in [-0.3, -0.25) is 0 Å². The van der Waals surface area contributed by atoms with Gasteiger partial charge >= 0.3 is 0 Å². The minimum Gasteiger partial charge on any atom is -0.321 e. The van der Waals surface area contributed by atoms with E-state index in [-0.39, 0.29) is 0 Å².